The molecule has 2 atom stereocenters. The Bertz CT molecular complexity index is 920. The van der Waals surface area contributed by atoms with Crippen LogP contribution in [0.4, 0.5) is 5.82 Å². The summed E-state index contributed by atoms with van der Waals surface area (Å²) >= 11 is 0. The lowest BCUT2D eigenvalue weighted by Gasteiger charge is -2.35. The smallest absolute Gasteiger partial charge is 0.274 e. The van der Waals surface area contributed by atoms with Crippen molar-refractivity contribution in [2.75, 3.05) is 31.1 Å². The maximum absolute atomic E-state index is 13.2. The van der Waals surface area contributed by atoms with E-state index in [1.54, 1.807) is 18.3 Å². The highest BCUT2D eigenvalue weighted by Gasteiger charge is 2.37. The quantitative estimate of drug-likeness (QED) is 0.643. The zero-order chi connectivity index (χ0) is 22.3. The van der Waals surface area contributed by atoms with Crippen LogP contribution in [-0.4, -0.2) is 53.9 Å². The number of nitrogens with zero attached hydrogens (tertiary/aromatic N) is 3. The van der Waals surface area contributed by atoms with Crippen molar-refractivity contribution in [2.45, 2.75) is 51.2 Å². The first kappa shape index (κ1) is 22.3. The van der Waals surface area contributed by atoms with E-state index in [0.29, 0.717) is 24.2 Å². The highest BCUT2D eigenvalue weighted by atomic mass is 16.5. The minimum atomic E-state index is -0.786. The molecule has 1 saturated heterocycles. The molecule has 1 N–H and O–H groups in total. The number of carbonyl (C=O) groups excluding carboxylic acids is 2. The van der Waals surface area contributed by atoms with Crippen molar-refractivity contribution in [3.05, 3.63) is 54.2 Å². The fraction of sp³-hybridized carbons (Fsp3) is 0.480. The van der Waals surface area contributed by atoms with Crippen molar-refractivity contribution >= 4 is 17.6 Å². The van der Waals surface area contributed by atoms with Gasteiger partial charge in [-0.25, -0.2) is 4.98 Å². The molecule has 170 valence electrons. The third-order valence-corrected chi connectivity index (χ3v) is 6.31. The van der Waals surface area contributed by atoms with Crippen molar-refractivity contribution < 1.29 is 14.3 Å². The van der Waals surface area contributed by atoms with Gasteiger partial charge < -0.3 is 15.0 Å². The Morgan fingerprint density at radius 1 is 1.19 bits per heavy atom. The number of hydrogen-bond acceptors (Lipinski definition) is 5. The molecule has 0 spiro atoms. The second kappa shape index (κ2) is 10.6. The molecule has 0 aliphatic carbocycles. The highest BCUT2D eigenvalue weighted by Crippen LogP contribution is 2.36. The summed E-state index contributed by atoms with van der Waals surface area (Å²) in [6, 6.07) is 13.5. The predicted molar refractivity (Wildman–Crippen MR) is 124 cm³/mol. The van der Waals surface area contributed by atoms with Crippen LogP contribution in [0.2, 0.25) is 0 Å². The van der Waals surface area contributed by atoms with Gasteiger partial charge in [-0.3, -0.25) is 14.5 Å². The Morgan fingerprint density at radius 3 is 2.84 bits per heavy atom. The normalized spacial score (nSPS) is 21.0. The van der Waals surface area contributed by atoms with E-state index in [1.165, 1.54) is 30.6 Å². The number of pyridine rings is 1. The van der Waals surface area contributed by atoms with E-state index in [0.717, 1.165) is 25.1 Å². The first-order valence-electron chi connectivity index (χ1n) is 11.7. The number of hydrogen-bond donors (Lipinski definition) is 1. The van der Waals surface area contributed by atoms with E-state index in [2.05, 4.69) is 22.1 Å². The van der Waals surface area contributed by atoms with Crippen molar-refractivity contribution in [3.63, 3.8) is 0 Å². The molecule has 3 heterocycles. The molecule has 7 heteroatoms. The molecule has 2 amide bonds. The molecule has 0 saturated carbocycles. The number of fused-ring (bicyclic) bond motifs is 1. The Kier molecular flexibility index (Phi) is 7.37. The predicted octanol–water partition coefficient (Wildman–Crippen LogP) is 3.32. The number of aromatic nitrogens is 1. The molecule has 4 rings (SSSR count). The Labute approximate surface area is 189 Å². The summed E-state index contributed by atoms with van der Waals surface area (Å²) in [4.78, 5) is 34.2. The van der Waals surface area contributed by atoms with Crippen molar-refractivity contribution in [3.8, 4) is 5.75 Å². The van der Waals surface area contributed by atoms with Crippen LogP contribution < -0.4 is 15.0 Å². The second-order valence-electron chi connectivity index (χ2n) is 8.46. The van der Waals surface area contributed by atoms with E-state index in [-0.39, 0.29) is 18.4 Å². The fourth-order valence-corrected chi connectivity index (χ4v) is 4.62. The Balaban J connectivity index is 1.35. The number of likely N-dealkylation sites (tertiary alicyclic amines) is 1. The van der Waals surface area contributed by atoms with Gasteiger partial charge in [0.05, 0.1) is 0 Å². The summed E-state index contributed by atoms with van der Waals surface area (Å²) in [6.45, 7) is 4.92. The lowest BCUT2D eigenvalue weighted by molar-refractivity contribution is -0.129. The summed E-state index contributed by atoms with van der Waals surface area (Å²) in [5, 5.41) is 2.98. The van der Waals surface area contributed by atoms with Crippen LogP contribution in [0.5, 0.6) is 5.75 Å². The fourth-order valence-electron chi connectivity index (χ4n) is 4.62. The van der Waals surface area contributed by atoms with Crippen LogP contribution in [0.25, 0.3) is 0 Å². The number of carbonyl (C=O) groups is 2. The van der Waals surface area contributed by atoms with Crippen molar-refractivity contribution in [1.29, 1.82) is 0 Å². The van der Waals surface area contributed by atoms with Gasteiger partial charge in [0.2, 0.25) is 12.0 Å². The molecule has 1 fully saturated rings. The lowest BCUT2D eigenvalue weighted by Crippen LogP contribution is -2.47. The van der Waals surface area contributed by atoms with Crippen LogP contribution in [-0.2, 0) is 9.59 Å². The number of benzene rings is 1. The molecule has 0 bridgehead atoms. The van der Waals surface area contributed by atoms with E-state index in [4.69, 9.17) is 4.74 Å². The van der Waals surface area contributed by atoms with Gasteiger partial charge in [-0.15, -0.1) is 0 Å². The third-order valence-electron chi connectivity index (χ3n) is 6.31. The summed E-state index contributed by atoms with van der Waals surface area (Å²) in [6.07, 6.45) is 6.76. The van der Waals surface area contributed by atoms with Crippen LogP contribution in [0, 0.1) is 0 Å². The first-order valence-corrected chi connectivity index (χ1v) is 11.7. The molecular formula is C25H32N4O3. The number of anilines is 1. The van der Waals surface area contributed by atoms with E-state index in [9.17, 15) is 9.59 Å². The number of rotatable bonds is 8. The van der Waals surface area contributed by atoms with Crippen molar-refractivity contribution in [1.82, 2.24) is 15.2 Å². The Hall–Kier alpha value is -2.93. The highest BCUT2D eigenvalue weighted by molar-refractivity contribution is 6.03. The van der Waals surface area contributed by atoms with Gasteiger partial charge in [-0.1, -0.05) is 43.7 Å². The zero-order valence-electron chi connectivity index (χ0n) is 18.7. The van der Waals surface area contributed by atoms with Gasteiger partial charge in [-0.05, 0) is 44.4 Å². The zero-order valence-corrected chi connectivity index (χ0v) is 18.7. The SMILES string of the molecule is CCC1CCCCN1CCCNC(=O)CN1C(=O)C(c2ccccc2)Oc2cccnc21. The summed E-state index contributed by atoms with van der Waals surface area (Å²) < 4.78 is 5.94. The molecule has 2 aliphatic heterocycles. The van der Waals surface area contributed by atoms with E-state index in [1.807, 2.05) is 30.3 Å². The third kappa shape index (κ3) is 5.10. The van der Waals surface area contributed by atoms with Crippen molar-refractivity contribution in [2.24, 2.45) is 0 Å². The second-order valence-corrected chi connectivity index (χ2v) is 8.46. The molecule has 2 aliphatic rings. The molecule has 2 unspecified atom stereocenters. The molecular weight excluding hydrogens is 404 g/mol. The lowest BCUT2D eigenvalue weighted by atomic mass is 10.00. The monoisotopic (exact) mass is 436 g/mol. The largest absolute Gasteiger partial charge is 0.472 e. The number of amides is 2. The van der Waals surface area contributed by atoms with Crippen LogP contribution in [0.15, 0.2) is 48.7 Å². The minimum Gasteiger partial charge on any atom is -0.472 e. The molecule has 32 heavy (non-hydrogen) atoms. The molecule has 2 aromatic rings. The van der Waals surface area contributed by atoms with Gasteiger partial charge in [0, 0.05) is 30.9 Å². The van der Waals surface area contributed by atoms with Crippen LogP contribution in [0.1, 0.15) is 50.7 Å². The van der Waals surface area contributed by atoms with Crippen LogP contribution >= 0.6 is 0 Å². The molecule has 1 aromatic carbocycles. The minimum absolute atomic E-state index is 0.0726. The van der Waals surface area contributed by atoms with Crippen LogP contribution in [0.3, 0.4) is 0 Å². The summed E-state index contributed by atoms with van der Waals surface area (Å²) in [7, 11) is 0. The molecule has 1 aromatic heterocycles. The Morgan fingerprint density at radius 2 is 2.03 bits per heavy atom. The maximum Gasteiger partial charge on any atom is 0.274 e. The average molecular weight is 437 g/mol. The first-order chi connectivity index (χ1) is 15.7. The van der Waals surface area contributed by atoms with Gasteiger partial charge in [0.1, 0.15) is 6.54 Å². The topological polar surface area (TPSA) is 74.8 Å². The van der Waals surface area contributed by atoms with Gasteiger partial charge >= 0.3 is 0 Å². The van der Waals surface area contributed by atoms with Gasteiger partial charge in [0.15, 0.2) is 11.6 Å². The van der Waals surface area contributed by atoms with Gasteiger partial charge in [0.25, 0.3) is 5.91 Å². The number of ether oxygens (including phenoxy) is 1. The molecule has 7 nitrogen and oxygen atoms in total. The standard InChI is InChI=1S/C25H32N4O3/c1-2-20-12-6-7-16-28(20)17-9-15-26-22(30)18-29-24-21(13-8-14-27-24)32-23(25(29)31)19-10-4-3-5-11-19/h3-5,8,10-11,13-14,20,23H,2,6-7,9,12,15-18H2,1H3,(H,26,30). The summed E-state index contributed by atoms with van der Waals surface area (Å²) in [5.74, 6) is 0.425. The van der Waals surface area contributed by atoms with Gasteiger partial charge in [-0.2, -0.15) is 0 Å². The average Bonchev–Trinajstić information content (AvgIpc) is 2.84. The number of nitrogens with one attached hydrogen (secondary N) is 1. The van der Waals surface area contributed by atoms with E-state index < -0.39 is 6.10 Å². The summed E-state index contributed by atoms with van der Waals surface area (Å²) in [5.41, 5.74) is 0.754. The maximum atomic E-state index is 13.2. The van der Waals surface area contributed by atoms with E-state index >= 15 is 0 Å². The number of piperidine rings is 1. The molecule has 0 radical (unpaired) electrons.